The van der Waals surface area contributed by atoms with Crippen LogP contribution in [-0.2, 0) is 17.6 Å². The molecule has 4 heteroatoms. The lowest BCUT2D eigenvalue weighted by atomic mass is 10.00. The molecule has 0 aliphatic heterocycles. The van der Waals surface area contributed by atoms with E-state index in [9.17, 15) is 9.59 Å². The number of carbonyl (C=O) groups excluding carboxylic acids is 2. The number of amides is 1. The second-order valence-corrected chi connectivity index (χ2v) is 4.47. The van der Waals surface area contributed by atoms with E-state index in [1.54, 1.807) is 6.07 Å². The summed E-state index contributed by atoms with van der Waals surface area (Å²) in [5, 5.41) is 0. The largest absolute Gasteiger partial charge is 0.368 e. The maximum absolute atomic E-state index is 11.9. The van der Waals surface area contributed by atoms with Crippen molar-refractivity contribution in [3.05, 3.63) is 34.9 Å². The Morgan fingerprint density at radius 3 is 2.65 bits per heavy atom. The van der Waals surface area contributed by atoms with Gasteiger partial charge in [-0.15, -0.1) is 0 Å². The topological polar surface area (TPSA) is 86.2 Å². The van der Waals surface area contributed by atoms with Crippen LogP contribution in [0.15, 0.2) is 18.2 Å². The van der Waals surface area contributed by atoms with Gasteiger partial charge in [-0.05, 0) is 36.5 Å². The van der Waals surface area contributed by atoms with Crippen LogP contribution in [0.1, 0.15) is 34.3 Å². The Kier molecular flexibility index (Phi) is 3.24. The van der Waals surface area contributed by atoms with Crippen molar-refractivity contribution in [2.45, 2.75) is 31.7 Å². The first kappa shape index (κ1) is 11.8. The van der Waals surface area contributed by atoms with Crippen LogP contribution >= 0.6 is 0 Å². The molecular formula is C13H16N2O2. The van der Waals surface area contributed by atoms with Crippen LogP contribution in [0.3, 0.4) is 0 Å². The van der Waals surface area contributed by atoms with Gasteiger partial charge in [-0.1, -0.05) is 12.1 Å². The van der Waals surface area contributed by atoms with Gasteiger partial charge in [0.1, 0.15) is 0 Å². The second kappa shape index (κ2) is 4.67. The normalized spacial score (nSPS) is 15.4. The number of nitrogens with two attached hydrogens (primary N) is 2. The monoisotopic (exact) mass is 232 g/mol. The van der Waals surface area contributed by atoms with Crippen LogP contribution in [0.25, 0.3) is 0 Å². The summed E-state index contributed by atoms with van der Waals surface area (Å²) in [5.41, 5.74) is 13.7. The Labute approximate surface area is 100.0 Å². The fourth-order valence-corrected chi connectivity index (χ4v) is 2.16. The van der Waals surface area contributed by atoms with E-state index in [2.05, 4.69) is 0 Å². The van der Waals surface area contributed by atoms with Crippen molar-refractivity contribution in [2.24, 2.45) is 11.5 Å². The van der Waals surface area contributed by atoms with Crippen molar-refractivity contribution in [1.82, 2.24) is 0 Å². The zero-order valence-corrected chi connectivity index (χ0v) is 9.61. The molecule has 90 valence electrons. The van der Waals surface area contributed by atoms with Gasteiger partial charge in [-0.3, -0.25) is 9.59 Å². The summed E-state index contributed by atoms with van der Waals surface area (Å²) < 4.78 is 0. The number of ketones is 1. The van der Waals surface area contributed by atoms with Crippen LogP contribution in [0, 0.1) is 0 Å². The number of carbonyl (C=O) groups is 2. The Balaban J connectivity index is 2.12. The highest BCUT2D eigenvalue weighted by Crippen LogP contribution is 2.23. The molecule has 0 aromatic heterocycles. The van der Waals surface area contributed by atoms with Crippen LogP contribution in [0.4, 0.5) is 0 Å². The van der Waals surface area contributed by atoms with E-state index < -0.39 is 11.9 Å². The van der Waals surface area contributed by atoms with Crippen molar-refractivity contribution in [3.63, 3.8) is 0 Å². The fraction of sp³-hybridized carbons (Fsp3) is 0.385. The number of hydrogen-bond donors (Lipinski definition) is 2. The maximum Gasteiger partial charge on any atom is 0.234 e. The third-order valence-electron chi connectivity index (χ3n) is 3.19. The molecule has 4 N–H and O–H groups in total. The van der Waals surface area contributed by atoms with Gasteiger partial charge in [0.25, 0.3) is 0 Å². The van der Waals surface area contributed by atoms with E-state index in [0.717, 1.165) is 19.3 Å². The summed E-state index contributed by atoms with van der Waals surface area (Å²) in [6.07, 6.45) is 3.24. The van der Waals surface area contributed by atoms with E-state index in [4.69, 9.17) is 11.5 Å². The van der Waals surface area contributed by atoms with E-state index >= 15 is 0 Å². The maximum atomic E-state index is 11.9. The molecule has 0 fully saturated rings. The molecule has 0 bridgehead atoms. The number of primary amides is 1. The number of fused-ring (bicyclic) bond motifs is 1. The molecule has 0 radical (unpaired) electrons. The van der Waals surface area contributed by atoms with Crippen LogP contribution in [0.2, 0.25) is 0 Å². The number of rotatable bonds is 4. The lowest BCUT2D eigenvalue weighted by molar-refractivity contribution is -0.119. The molecule has 0 spiro atoms. The predicted molar refractivity (Wildman–Crippen MR) is 64.6 cm³/mol. The first-order chi connectivity index (χ1) is 8.08. The quantitative estimate of drug-likeness (QED) is 0.744. The average molecular weight is 232 g/mol. The van der Waals surface area contributed by atoms with Gasteiger partial charge in [0, 0.05) is 12.0 Å². The summed E-state index contributed by atoms with van der Waals surface area (Å²) in [6, 6.07) is 4.82. The molecule has 17 heavy (non-hydrogen) atoms. The average Bonchev–Trinajstić information content (AvgIpc) is 2.75. The van der Waals surface area contributed by atoms with Crippen molar-refractivity contribution < 1.29 is 9.59 Å². The SMILES string of the molecule is NC(=O)C(N)CC(=O)c1ccc2c(c1)CCC2. The number of Topliss-reactive ketones (excluding diaryl/α,β-unsaturated/α-hetero) is 1. The zero-order valence-electron chi connectivity index (χ0n) is 9.61. The minimum absolute atomic E-state index is 0.0197. The summed E-state index contributed by atoms with van der Waals surface area (Å²) in [7, 11) is 0. The minimum Gasteiger partial charge on any atom is -0.368 e. The van der Waals surface area contributed by atoms with Crippen molar-refractivity contribution in [3.8, 4) is 0 Å². The van der Waals surface area contributed by atoms with Crippen LogP contribution < -0.4 is 11.5 Å². The lowest BCUT2D eigenvalue weighted by Crippen LogP contribution is -2.38. The van der Waals surface area contributed by atoms with Crippen molar-refractivity contribution >= 4 is 11.7 Å². The van der Waals surface area contributed by atoms with Gasteiger partial charge in [-0.2, -0.15) is 0 Å². The zero-order chi connectivity index (χ0) is 12.4. The summed E-state index contributed by atoms with van der Waals surface area (Å²) in [6.45, 7) is 0. The molecule has 1 aromatic rings. The number of aryl methyl sites for hydroxylation is 2. The summed E-state index contributed by atoms with van der Waals surface area (Å²) in [5.74, 6) is -0.759. The fourth-order valence-electron chi connectivity index (χ4n) is 2.16. The lowest BCUT2D eigenvalue weighted by Gasteiger charge is -2.07. The van der Waals surface area contributed by atoms with Crippen molar-refractivity contribution in [1.29, 1.82) is 0 Å². The predicted octanol–water partition coefficient (Wildman–Crippen LogP) is 0.561. The molecule has 2 rings (SSSR count). The summed E-state index contributed by atoms with van der Waals surface area (Å²) in [4.78, 5) is 22.7. The molecule has 1 aromatic carbocycles. The first-order valence-corrected chi connectivity index (χ1v) is 5.78. The Morgan fingerprint density at radius 1 is 1.24 bits per heavy atom. The van der Waals surface area contributed by atoms with Gasteiger partial charge in [0.15, 0.2) is 5.78 Å². The van der Waals surface area contributed by atoms with E-state index in [1.807, 2.05) is 12.1 Å². The van der Waals surface area contributed by atoms with E-state index in [-0.39, 0.29) is 12.2 Å². The molecule has 1 unspecified atom stereocenters. The Morgan fingerprint density at radius 2 is 1.94 bits per heavy atom. The van der Waals surface area contributed by atoms with Crippen LogP contribution in [0.5, 0.6) is 0 Å². The standard InChI is InChI=1S/C13H16N2O2/c14-11(13(15)17)7-12(16)10-5-4-8-2-1-3-9(8)6-10/h4-6,11H,1-3,7,14H2,(H2,15,17). The Hall–Kier alpha value is -1.68. The Bertz CT molecular complexity index is 468. The third-order valence-corrected chi connectivity index (χ3v) is 3.19. The molecule has 0 saturated carbocycles. The molecule has 1 aliphatic rings. The van der Waals surface area contributed by atoms with Crippen molar-refractivity contribution in [2.75, 3.05) is 0 Å². The van der Waals surface area contributed by atoms with Gasteiger partial charge in [-0.25, -0.2) is 0 Å². The number of benzene rings is 1. The molecule has 1 aliphatic carbocycles. The minimum atomic E-state index is -0.893. The molecular weight excluding hydrogens is 216 g/mol. The van der Waals surface area contributed by atoms with Gasteiger partial charge < -0.3 is 11.5 Å². The van der Waals surface area contributed by atoms with E-state index in [1.165, 1.54) is 11.1 Å². The van der Waals surface area contributed by atoms with E-state index in [0.29, 0.717) is 5.56 Å². The molecule has 1 atom stereocenters. The molecule has 0 heterocycles. The summed E-state index contributed by atoms with van der Waals surface area (Å²) >= 11 is 0. The molecule has 1 amide bonds. The highest BCUT2D eigenvalue weighted by molar-refractivity contribution is 5.99. The second-order valence-electron chi connectivity index (χ2n) is 4.47. The van der Waals surface area contributed by atoms with Gasteiger partial charge in [0.05, 0.1) is 6.04 Å². The van der Waals surface area contributed by atoms with Gasteiger partial charge >= 0.3 is 0 Å². The highest BCUT2D eigenvalue weighted by atomic mass is 16.1. The molecule has 4 nitrogen and oxygen atoms in total. The third kappa shape index (κ3) is 2.53. The smallest absolute Gasteiger partial charge is 0.234 e. The highest BCUT2D eigenvalue weighted by Gasteiger charge is 2.18. The van der Waals surface area contributed by atoms with Gasteiger partial charge in [0.2, 0.25) is 5.91 Å². The number of hydrogen-bond acceptors (Lipinski definition) is 3. The first-order valence-electron chi connectivity index (χ1n) is 5.78. The molecule has 0 saturated heterocycles. The van der Waals surface area contributed by atoms with Crippen LogP contribution in [-0.4, -0.2) is 17.7 Å².